The van der Waals surface area contributed by atoms with E-state index in [0.29, 0.717) is 18.4 Å². The zero-order chi connectivity index (χ0) is 12.4. The van der Waals surface area contributed by atoms with Crippen molar-refractivity contribution in [2.24, 2.45) is 0 Å². The molecule has 1 aliphatic rings. The number of rotatable bonds is 3. The average Bonchev–Trinajstić information content (AvgIpc) is 2.30. The summed E-state index contributed by atoms with van der Waals surface area (Å²) in [5, 5.41) is 12.2. The molecule has 2 N–H and O–H groups in total. The number of aliphatic hydroxyl groups is 1. The van der Waals surface area contributed by atoms with Crippen molar-refractivity contribution >= 4 is 11.6 Å². The van der Waals surface area contributed by atoms with E-state index >= 15 is 0 Å². The van der Waals surface area contributed by atoms with E-state index in [2.05, 4.69) is 5.32 Å². The second-order valence-corrected chi connectivity index (χ2v) is 4.06. The third kappa shape index (κ3) is 2.45. The molecule has 1 amide bonds. The third-order valence-electron chi connectivity index (χ3n) is 2.79. The van der Waals surface area contributed by atoms with Gasteiger partial charge >= 0.3 is 0 Å². The molecule has 1 heterocycles. The Morgan fingerprint density at radius 1 is 1.53 bits per heavy atom. The number of hydrogen-bond acceptors (Lipinski definition) is 3. The van der Waals surface area contributed by atoms with Crippen molar-refractivity contribution in [2.75, 3.05) is 19.0 Å². The third-order valence-corrected chi connectivity index (χ3v) is 2.79. The first-order valence-corrected chi connectivity index (χ1v) is 5.41. The minimum absolute atomic E-state index is 0.116. The van der Waals surface area contributed by atoms with Gasteiger partial charge in [0.25, 0.3) is 0 Å². The van der Waals surface area contributed by atoms with Crippen molar-refractivity contribution < 1.29 is 19.0 Å². The maximum Gasteiger partial charge on any atom is 0.224 e. The number of carbonyl (C=O) groups excluding carboxylic acids is 1. The topological polar surface area (TPSA) is 58.6 Å². The van der Waals surface area contributed by atoms with Crippen LogP contribution in [0.25, 0.3) is 0 Å². The number of nitrogens with one attached hydrogen (secondary N) is 1. The minimum Gasteiger partial charge on any atom is -0.386 e. The van der Waals surface area contributed by atoms with Crippen LogP contribution in [-0.4, -0.2) is 24.7 Å². The molecule has 92 valence electrons. The number of anilines is 1. The van der Waals surface area contributed by atoms with Crippen LogP contribution in [-0.2, 0) is 16.0 Å². The van der Waals surface area contributed by atoms with E-state index in [1.165, 1.54) is 13.2 Å². The molecule has 0 fully saturated rings. The number of aryl methyl sites for hydroxylation is 1. The zero-order valence-electron chi connectivity index (χ0n) is 9.50. The van der Waals surface area contributed by atoms with Crippen LogP contribution in [0.5, 0.6) is 0 Å². The van der Waals surface area contributed by atoms with E-state index in [-0.39, 0.29) is 18.2 Å². The van der Waals surface area contributed by atoms with Crippen molar-refractivity contribution in [1.82, 2.24) is 0 Å². The van der Waals surface area contributed by atoms with Gasteiger partial charge in [-0.3, -0.25) is 4.79 Å². The first-order chi connectivity index (χ1) is 8.11. The van der Waals surface area contributed by atoms with E-state index < -0.39 is 11.9 Å². The molecule has 0 aromatic heterocycles. The summed E-state index contributed by atoms with van der Waals surface area (Å²) in [6.07, 6.45) is -0.0144. The Hall–Kier alpha value is -1.46. The van der Waals surface area contributed by atoms with Crippen LogP contribution < -0.4 is 5.32 Å². The molecule has 2 rings (SSSR count). The van der Waals surface area contributed by atoms with Crippen molar-refractivity contribution in [3.05, 3.63) is 29.1 Å². The van der Waals surface area contributed by atoms with E-state index in [0.717, 1.165) is 5.56 Å². The number of ether oxygens (including phenoxy) is 1. The Kier molecular flexibility index (Phi) is 3.40. The molecule has 17 heavy (non-hydrogen) atoms. The normalized spacial score (nSPS) is 16.3. The number of carbonyl (C=O) groups is 1. The van der Waals surface area contributed by atoms with Crippen LogP contribution in [0.4, 0.5) is 10.1 Å². The van der Waals surface area contributed by atoms with Crippen molar-refractivity contribution in [3.8, 4) is 0 Å². The number of halogens is 1. The van der Waals surface area contributed by atoms with Crippen LogP contribution in [0.1, 0.15) is 23.7 Å². The summed E-state index contributed by atoms with van der Waals surface area (Å²) in [4.78, 5) is 11.2. The van der Waals surface area contributed by atoms with Crippen LogP contribution in [0.3, 0.4) is 0 Å². The summed E-state index contributed by atoms with van der Waals surface area (Å²) in [6, 6.07) is 2.94. The molecule has 0 radical (unpaired) electrons. The van der Waals surface area contributed by atoms with Gasteiger partial charge in [-0.1, -0.05) is 6.07 Å². The lowest BCUT2D eigenvalue weighted by atomic mass is 9.98. The molecule has 0 spiro atoms. The fraction of sp³-hybridized carbons (Fsp3) is 0.417. The van der Waals surface area contributed by atoms with E-state index in [1.807, 2.05) is 0 Å². The second kappa shape index (κ2) is 4.81. The Balaban J connectivity index is 2.34. The van der Waals surface area contributed by atoms with Crippen molar-refractivity contribution in [2.45, 2.75) is 18.9 Å². The summed E-state index contributed by atoms with van der Waals surface area (Å²) in [7, 11) is 1.47. The summed E-state index contributed by atoms with van der Waals surface area (Å²) in [6.45, 7) is 0.116. The molecule has 4 nitrogen and oxygen atoms in total. The Bertz CT molecular complexity index is 448. The molecule has 0 saturated heterocycles. The van der Waals surface area contributed by atoms with Gasteiger partial charge in [0.2, 0.25) is 5.91 Å². The number of aliphatic hydroxyl groups excluding tert-OH is 1. The lowest BCUT2D eigenvalue weighted by molar-refractivity contribution is -0.116. The summed E-state index contributed by atoms with van der Waals surface area (Å²) < 4.78 is 18.6. The standard InChI is InChI=1S/C12H14FNO3/c1-17-6-10(15)8-4-7-2-3-11(16)14-12(7)9(13)5-8/h4-5,10,15H,2-3,6H2,1H3,(H,14,16). The van der Waals surface area contributed by atoms with Gasteiger partial charge in [-0.05, 0) is 23.6 Å². The number of hydrogen-bond donors (Lipinski definition) is 2. The smallest absolute Gasteiger partial charge is 0.224 e. The first-order valence-electron chi connectivity index (χ1n) is 5.41. The second-order valence-electron chi connectivity index (χ2n) is 4.06. The van der Waals surface area contributed by atoms with Gasteiger partial charge in [-0.2, -0.15) is 0 Å². The SMILES string of the molecule is COCC(O)c1cc(F)c2c(c1)CCC(=O)N2. The quantitative estimate of drug-likeness (QED) is 0.838. The lowest BCUT2D eigenvalue weighted by Gasteiger charge is -2.20. The molecular weight excluding hydrogens is 225 g/mol. The van der Waals surface area contributed by atoms with Gasteiger partial charge in [0, 0.05) is 13.5 Å². The van der Waals surface area contributed by atoms with Gasteiger partial charge in [0.1, 0.15) is 11.9 Å². The maximum absolute atomic E-state index is 13.7. The van der Waals surface area contributed by atoms with Gasteiger partial charge in [0.15, 0.2) is 0 Å². The average molecular weight is 239 g/mol. The van der Waals surface area contributed by atoms with Gasteiger partial charge in [-0.15, -0.1) is 0 Å². The molecular formula is C12H14FNO3. The molecule has 1 unspecified atom stereocenters. The molecule has 5 heteroatoms. The molecule has 0 bridgehead atoms. The molecule has 0 aliphatic carbocycles. The predicted octanol–water partition coefficient (Wildman–Crippen LogP) is 1.39. The molecule has 1 atom stereocenters. The monoisotopic (exact) mass is 239 g/mol. The largest absolute Gasteiger partial charge is 0.386 e. The van der Waals surface area contributed by atoms with Gasteiger partial charge in [-0.25, -0.2) is 4.39 Å². The number of benzene rings is 1. The van der Waals surface area contributed by atoms with Gasteiger partial charge in [0.05, 0.1) is 12.3 Å². The number of methoxy groups -OCH3 is 1. The van der Waals surface area contributed by atoms with Crippen molar-refractivity contribution in [3.63, 3.8) is 0 Å². The molecule has 1 aromatic rings. The van der Waals surface area contributed by atoms with Crippen LogP contribution in [0, 0.1) is 5.82 Å². The van der Waals surface area contributed by atoms with E-state index in [1.54, 1.807) is 6.07 Å². The highest BCUT2D eigenvalue weighted by molar-refractivity contribution is 5.94. The Morgan fingerprint density at radius 3 is 3.00 bits per heavy atom. The van der Waals surface area contributed by atoms with E-state index in [4.69, 9.17) is 4.74 Å². The summed E-state index contributed by atoms with van der Waals surface area (Å²) in [5.74, 6) is -0.692. The maximum atomic E-state index is 13.7. The fourth-order valence-corrected chi connectivity index (χ4v) is 1.92. The highest BCUT2D eigenvalue weighted by atomic mass is 19.1. The number of amides is 1. The first kappa shape index (κ1) is 12.0. The molecule has 1 aliphatic heterocycles. The summed E-state index contributed by atoms with van der Waals surface area (Å²) >= 11 is 0. The predicted molar refractivity (Wildman–Crippen MR) is 60.2 cm³/mol. The highest BCUT2D eigenvalue weighted by Crippen LogP contribution is 2.29. The fourth-order valence-electron chi connectivity index (χ4n) is 1.92. The van der Waals surface area contributed by atoms with Crippen LogP contribution in [0.2, 0.25) is 0 Å². The Morgan fingerprint density at radius 2 is 2.29 bits per heavy atom. The van der Waals surface area contributed by atoms with Crippen molar-refractivity contribution in [1.29, 1.82) is 0 Å². The highest BCUT2D eigenvalue weighted by Gasteiger charge is 2.21. The lowest BCUT2D eigenvalue weighted by Crippen LogP contribution is -2.21. The molecule has 1 aromatic carbocycles. The zero-order valence-corrected chi connectivity index (χ0v) is 9.50. The van der Waals surface area contributed by atoms with Crippen LogP contribution >= 0.6 is 0 Å². The molecule has 0 saturated carbocycles. The van der Waals surface area contributed by atoms with E-state index in [9.17, 15) is 14.3 Å². The summed E-state index contributed by atoms with van der Waals surface area (Å²) in [5.41, 5.74) is 1.42. The number of fused-ring (bicyclic) bond motifs is 1. The van der Waals surface area contributed by atoms with Gasteiger partial charge < -0.3 is 15.2 Å². The minimum atomic E-state index is -0.850. The Labute approximate surface area is 98.4 Å². The van der Waals surface area contributed by atoms with Crippen LogP contribution in [0.15, 0.2) is 12.1 Å².